The third kappa shape index (κ3) is 3.07. The largest absolute Gasteiger partial charge is 0.398 e. The van der Waals surface area contributed by atoms with Crippen molar-refractivity contribution in [2.45, 2.75) is 19.3 Å². The first-order valence-electron chi connectivity index (χ1n) is 7.43. The summed E-state index contributed by atoms with van der Waals surface area (Å²) < 4.78 is 0. The number of carbonyl (C=O) groups is 1. The molecule has 3 nitrogen and oxygen atoms in total. The molecule has 0 fully saturated rings. The second kappa shape index (κ2) is 6.00. The summed E-state index contributed by atoms with van der Waals surface area (Å²) in [5, 5.41) is 3.02. The number of anilines is 1. The molecule has 3 N–H and O–H groups in total. The van der Waals surface area contributed by atoms with Crippen molar-refractivity contribution in [3.63, 3.8) is 0 Å². The molecule has 0 bridgehead atoms. The third-order valence-corrected chi connectivity index (χ3v) is 4.21. The summed E-state index contributed by atoms with van der Waals surface area (Å²) in [5.74, 6) is 0.431. The highest BCUT2D eigenvalue weighted by Crippen LogP contribution is 2.25. The van der Waals surface area contributed by atoms with Crippen LogP contribution in [0.15, 0.2) is 48.5 Å². The minimum atomic E-state index is -0.0769. The average Bonchev–Trinajstić information content (AvgIpc) is 2.53. The molecule has 0 radical (unpaired) electrons. The van der Waals surface area contributed by atoms with Gasteiger partial charge >= 0.3 is 0 Å². The molecule has 21 heavy (non-hydrogen) atoms. The zero-order chi connectivity index (χ0) is 14.7. The maximum atomic E-state index is 12.2. The molecule has 0 saturated heterocycles. The standard InChI is InChI=1S/C18H20N2O/c19-17-8-4-3-7-16(17)18(21)20-12-13-9-10-14-5-1-2-6-15(14)11-13/h1-8,13H,9-12,19H2,(H,20,21). The zero-order valence-electron chi connectivity index (χ0n) is 12.0. The lowest BCUT2D eigenvalue weighted by molar-refractivity contribution is 0.0946. The molecule has 0 heterocycles. The van der Waals surface area contributed by atoms with E-state index in [0.29, 0.717) is 23.7 Å². The molecular weight excluding hydrogens is 260 g/mol. The van der Waals surface area contributed by atoms with E-state index in [9.17, 15) is 4.79 Å². The normalized spacial score (nSPS) is 17.0. The number of para-hydroxylation sites is 1. The molecule has 0 aliphatic heterocycles. The summed E-state index contributed by atoms with van der Waals surface area (Å²) in [7, 11) is 0. The van der Waals surface area contributed by atoms with Gasteiger partial charge in [-0.25, -0.2) is 0 Å². The summed E-state index contributed by atoms with van der Waals surface area (Å²) in [4.78, 5) is 12.2. The summed E-state index contributed by atoms with van der Waals surface area (Å²) in [6.07, 6.45) is 3.27. The van der Waals surface area contributed by atoms with Gasteiger partial charge in [0.2, 0.25) is 0 Å². The van der Waals surface area contributed by atoms with Gasteiger partial charge in [-0.05, 0) is 48.4 Å². The summed E-state index contributed by atoms with van der Waals surface area (Å²) >= 11 is 0. The topological polar surface area (TPSA) is 55.1 Å². The van der Waals surface area contributed by atoms with Crippen LogP contribution in [0.2, 0.25) is 0 Å². The number of amides is 1. The van der Waals surface area contributed by atoms with Gasteiger partial charge in [-0.3, -0.25) is 4.79 Å². The Balaban J connectivity index is 1.59. The molecule has 1 amide bonds. The van der Waals surface area contributed by atoms with Gasteiger partial charge in [0.05, 0.1) is 5.56 Å². The molecular formula is C18H20N2O. The van der Waals surface area contributed by atoms with E-state index < -0.39 is 0 Å². The second-order valence-corrected chi connectivity index (χ2v) is 5.67. The molecule has 1 atom stereocenters. The van der Waals surface area contributed by atoms with Crippen molar-refractivity contribution in [1.82, 2.24) is 5.32 Å². The highest BCUT2D eigenvalue weighted by Gasteiger charge is 2.19. The van der Waals surface area contributed by atoms with Gasteiger partial charge in [0.1, 0.15) is 0 Å². The smallest absolute Gasteiger partial charge is 0.253 e. The van der Waals surface area contributed by atoms with Crippen LogP contribution in [0.4, 0.5) is 5.69 Å². The van der Waals surface area contributed by atoms with Gasteiger partial charge in [-0.1, -0.05) is 36.4 Å². The number of hydrogen-bond donors (Lipinski definition) is 2. The lowest BCUT2D eigenvalue weighted by Crippen LogP contribution is -2.32. The quantitative estimate of drug-likeness (QED) is 0.849. The van der Waals surface area contributed by atoms with E-state index in [0.717, 1.165) is 19.3 Å². The Hall–Kier alpha value is -2.29. The lowest BCUT2D eigenvalue weighted by atomic mass is 9.84. The van der Waals surface area contributed by atoms with Crippen molar-refractivity contribution in [2.24, 2.45) is 5.92 Å². The lowest BCUT2D eigenvalue weighted by Gasteiger charge is -2.24. The molecule has 2 aromatic rings. The van der Waals surface area contributed by atoms with Crippen molar-refractivity contribution >= 4 is 11.6 Å². The Morgan fingerprint density at radius 2 is 1.81 bits per heavy atom. The van der Waals surface area contributed by atoms with Crippen LogP contribution in [0, 0.1) is 5.92 Å². The molecule has 108 valence electrons. The van der Waals surface area contributed by atoms with Crippen LogP contribution < -0.4 is 11.1 Å². The molecule has 0 saturated carbocycles. The number of hydrogen-bond acceptors (Lipinski definition) is 2. The van der Waals surface area contributed by atoms with Gasteiger partial charge in [0.25, 0.3) is 5.91 Å². The summed E-state index contributed by atoms with van der Waals surface area (Å²) in [6.45, 7) is 0.710. The molecule has 1 aliphatic carbocycles. The van der Waals surface area contributed by atoms with Crippen molar-refractivity contribution in [3.05, 3.63) is 65.2 Å². The van der Waals surface area contributed by atoms with E-state index in [2.05, 4.69) is 29.6 Å². The fourth-order valence-corrected chi connectivity index (χ4v) is 2.98. The third-order valence-electron chi connectivity index (χ3n) is 4.21. The fraction of sp³-hybridized carbons (Fsp3) is 0.278. The van der Waals surface area contributed by atoms with Crippen molar-refractivity contribution in [3.8, 4) is 0 Å². The van der Waals surface area contributed by atoms with Gasteiger partial charge in [0.15, 0.2) is 0 Å². The Morgan fingerprint density at radius 1 is 1.10 bits per heavy atom. The molecule has 0 spiro atoms. The number of rotatable bonds is 3. The van der Waals surface area contributed by atoms with Crippen LogP contribution in [0.5, 0.6) is 0 Å². The Labute approximate surface area is 125 Å². The minimum absolute atomic E-state index is 0.0769. The molecule has 2 aromatic carbocycles. The molecule has 3 rings (SSSR count). The first-order chi connectivity index (χ1) is 10.2. The first-order valence-corrected chi connectivity index (χ1v) is 7.43. The van der Waals surface area contributed by atoms with E-state index in [-0.39, 0.29) is 5.91 Å². The average molecular weight is 280 g/mol. The number of nitrogens with one attached hydrogen (secondary N) is 1. The SMILES string of the molecule is Nc1ccccc1C(=O)NCC1CCc2ccccc2C1. The Morgan fingerprint density at radius 3 is 2.62 bits per heavy atom. The van der Waals surface area contributed by atoms with E-state index in [1.165, 1.54) is 11.1 Å². The Kier molecular flexibility index (Phi) is 3.91. The predicted octanol–water partition coefficient (Wildman–Crippen LogP) is 2.80. The van der Waals surface area contributed by atoms with Crippen molar-refractivity contribution in [1.29, 1.82) is 0 Å². The van der Waals surface area contributed by atoms with Crippen molar-refractivity contribution < 1.29 is 4.79 Å². The first kappa shape index (κ1) is 13.7. The van der Waals surface area contributed by atoms with Crippen LogP contribution in [-0.4, -0.2) is 12.5 Å². The van der Waals surface area contributed by atoms with Crippen LogP contribution in [-0.2, 0) is 12.8 Å². The molecule has 0 aromatic heterocycles. The van der Waals surface area contributed by atoms with Crippen LogP contribution in [0.3, 0.4) is 0 Å². The maximum absolute atomic E-state index is 12.2. The number of nitrogen functional groups attached to an aromatic ring is 1. The number of aryl methyl sites for hydroxylation is 1. The fourth-order valence-electron chi connectivity index (χ4n) is 2.98. The number of fused-ring (bicyclic) bond motifs is 1. The van der Waals surface area contributed by atoms with E-state index in [1.54, 1.807) is 12.1 Å². The minimum Gasteiger partial charge on any atom is -0.398 e. The Bertz CT molecular complexity index is 651. The van der Waals surface area contributed by atoms with Crippen LogP contribution in [0.25, 0.3) is 0 Å². The zero-order valence-corrected chi connectivity index (χ0v) is 12.0. The second-order valence-electron chi connectivity index (χ2n) is 5.67. The van der Waals surface area contributed by atoms with Crippen molar-refractivity contribution in [2.75, 3.05) is 12.3 Å². The summed E-state index contributed by atoms with van der Waals surface area (Å²) in [6, 6.07) is 15.8. The number of nitrogens with two attached hydrogens (primary N) is 1. The van der Waals surface area contributed by atoms with Gasteiger partial charge in [-0.15, -0.1) is 0 Å². The maximum Gasteiger partial charge on any atom is 0.253 e. The van der Waals surface area contributed by atoms with Gasteiger partial charge in [-0.2, -0.15) is 0 Å². The van der Waals surface area contributed by atoms with E-state index >= 15 is 0 Å². The number of carbonyl (C=O) groups excluding carboxylic acids is 1. The summed E-state index contributed by atoms with van der Waals surface area (Å²) in [5.41, 5.74) is 9.80. The molecule has 1 unspecified atom stereocenters. The highest BCUT2D eigenvalue weighted by molar-refractivity contribution is 5.99. The van der Waals surface area contributed by atoms with Crippen LogP contribution in [0.1, 0.15) is 27.9 Å². The monoisotopic (exact) mass is 280 g/mol. The predicted molar refractivity (Wildman–Crippen MR) is 85.1 cm³/mol. The van der Waals surface area contributed by atoms with Gasteiger partial charge < -0.3 is 11.1 Å². The molecule has 3 heteroatoms. The van der Waals surface area contributed by atoms with Gasteiger partial charge in [0, 0.05) is 12.2 Å². The van der Waals surface area contributed by atoms with E-state index in [4.69, 9.17) is 5.73 Å². The number of benzene rings is 2. The van der Waals surface area contributed by atoms with Crippen LogP contribution >= 0.6 is 0 Å². The molecule has 1 aliphatic rings. The highest BCUT2D eigenvalue weighted by atomic mass is 16.1. The van der Waals surface area contributed by atoms with E-state index in [1.807, 2.05) is 12.1 Å².